The molecule has 1 aromatic carbocycles. The lowest BCUT2D eigenvalue weighted by Crippen LogP contribution is -2.37. The highest BCUT2D eigenvalue weighted by Crippen LogP contribution is 2.33. The molecule has 2 fully saturated rings. The summed E-state index contributed by atoms with van der Waals surface area (Å²) in [4.78, 5) is 12.5. The molecule has 0 aromatic heterocycles. The molecule has 1 atom stereocenters. The predicted molar refractivity (Wildman–Crippen MR) is 134 cm³/mol. The first kappa shape index (κ1) is 22.5. The van der Waals surface area contributed by atoms with E-state index in [1.54, 1.807) is 0 Å². The van der Waals surface area contributed by atoms with E-state index in [4.69, 9.17) is 9.47 Å². The molecule has 34 heavy (non-hydrogen) atoms. The van der Waals surface area contributed by atoms with E-state index in [9.17, 15) is 4.79 Å². The number of nitrogens with one attached hydrogen (secondary N) is 1. The number of carbonyl (C=O) groups is 1. The van der Waals surface area contributed by atoms with Crippen molar-refractivity contribution < 1.29 is 14.3 Å². The van der Waals surface area contributed by atoms with Crippen molar-refractivity contribution >= 4 is 23.8 Å². The summed E-state index contributed by atoms with van der Waals surface area (Å²) in [5.41, 5.74) is 5.07. The first-order valence-electron chi connectivity index (χ1n) is 12.4. The minimum atomic E-state index is 0.0489. The third-order valence-electron chi connectivity index (χ3n) is 7.17. The summed E-state index contributed by atoms with van der Waals surface area (Å²) in [5, 5.41) is 9.98. The molecule has 2 aliphatic carbocycles. The maximum Gasteiger partial charge on any atom is 0.229 e. The minimum absolute atomic E-state index is 0.0489. The van der Waals surface area contributed by atoms with Crippen molar-refractivity contribution in [2.75, 3.05) is 13.8 Å². The summed E-state index contributed by atoms with van der Waals surface area (Å²) in [6.45, 7) is 0.270. The van der Waals surface area contributed by atoms with Crippen molar-refractivity contribution in [2.24, 2.45) is 11.0 Å². The van der Waals surface area contributed by atoms with Gasteiger partial charge >= 0.3 is 0 Å². The molecule has 6 heteroatoms. The molecule has 2 aliphatic heterocycles. The van der Waals surface area contributed by atoms with Gasteiger partial charge in [-0.3, -0.25) is 9.80 Å². The Morgan fingerprint density at radius 2 is 1.82 bits per heavy atom. The van der Waals surface area contributed by atoms with E-state index in [0.29, 0.717) is 12.3 Å². The Labute approximate surface area is 201 Å². The summed E-state index contributed by atoms with van der Waals surface area (Å²) in [7, 11) is 1.97. The topological polar surface area (TPSA) is 63.2 Å². The Hall–Kier alpha value is -3.28. The molecule has 2 bridgehead atoms. The zero-order valence-corrected chi connectivity index (χ0v) is 19.8. The smallest absolute Gasteiger partial charge is 0.229 e. The van der Waals surface area contributed by atoms with E-state index in [2.05, 4.69) is 46.8 Å². The number of nitrogens with zero attached hydrogens (tertiary/aromatic N) is 2. The third-order valence-corrected chi connectivity index (χ3v) is 7.17. The van der Waals surface area contributed by atoms with Crippen molar-refractivity contribution in [1.29, 1.82) is 0 Å². The molecule has 0 spiro atoms. The second-order valence-electron chi connectivity index (χ2n) is 9.43. The van der Waals surface area contributed by atoms with Crippen molar-refractivity contribution in [3.8, 4) is 0 Å². The Bertz CT molecular complexity index is 1060. The number of benzene rings is 1. The van der Waals surface area contributed by atoms with Gasteiger partial charge in [-0.05, 0) is 47.6 Å². The summed E-state index contributed by atoms with van der Waals surface area (Å²) in [6, 6.07) is 8.49. The number of carbonyl (C=O) groups excluding carboxylic acids is 1. The Kier molecular flexibility index (Phi) is 6.84. The normalized spacial score (nSPS) is 23.4. The molecule has 0 radical (unpaired) electrons. The molecule has 1 N–H and O–H groups in total. The molecule has 2 heterocycles. The maximum atomic E-state index is 12.5. The number of hydrogen-bond acceptors (Lipinski definition) is 6. The number of hydrazone groups is 1. The maximum absolute atomic E-state index is 12.5. The molecule has 5 rings (SSSR count). The fraction of sp³-hybridized carbons (Fsp3) is 0.429. The fourth-order valence-corrected chi connectivity index (χ4v) is 5.18. The van der Waals surface area contributed by atoms with Gasteiger partial charge in [0.2, 0.25) is 6.79 Å². The highest BCUT2D eigenvalue weighted by molar-refractivity contribution is 5.89. The van der Waals surface area contributed by atoms with Crippen LogP contribution in [0.1, 0.15) is 62.5 Å². The van der Waals surface area contributed by atoms with E-state index < -0.39 is 0 Å². The average molecular weight is 460 g/mol. The summed E-state index contributed by atoms with van der Waals surface area (Å²) in [5.74, 6) is 2.15. The number of fused-ring (bicyclic) bond motifs is 2. The molecular formula is C28H33N3O3. The molecule has 178 valence electrons. The van der Waals surface area contributed by atoms with Crippen molar-refractivity contribution in [3.05, 3.63) is 70.7 Å². The second-order valence-corrected chi connectivity index (χ2v) is 9.43. The van der Waals surface area contributed by atoms with Gasteiger partial charge in [-0.25, -0.2) is 0 Å². The molecule has 6 nitrogen and oxygen atoms in total. The first-order chi connectivity index (χ1) is 16.7. The lowest BCUT2D eigenvalue weighted by atomic mass is 9.88. The zero-order valence-electron chi connectivity index (χ0n) is 19.8. The van der Waals surface area contributed by atoms with Crippen LogP contribution in [0.4, 0.5) is 0 Å². The van der Waals surface area contributed by atoms with Gasteiger partial charge in [-0.15, -0.1) is 0 Å². The summed E-state index contributed by atoms with van der Waals surface area (Å²) >= 11 is 0. The van der Waals surface area contributed by atoms with Gasteiger partial charge in [0.25, 0.3) is 0 Å². The largest absolute Gasteiger partial charge is 0.461 e. The van der Waals surface area contributed by atoms with Crippen LogP contribution in [-0.4, -0.2) is 37.5 Å². The molecule has 0 amide bonds. The van der Waals surface area contributed by atoms with Gasteiger partial charge in [0, 0.05) is 31.0 Å². The average Bonchev–Trinajstić information content (AvgIpc) is 3.03. The Morgan fingerprint density at radius 1 is 1.06 bits per heavy atom. The predicted octanol–water partition coefficient (Wildman–Crippen LogP) is 5.36. The lowest BCUT2D eigenvalue weighted by molar-refractivity contribution is -0.105. The zero-order chi connectivity index (χ0) is 23.3. The highest BCUT2D eigenvalue weighted by Gasteiger charge is 2.25. The van der Waals surface area contributed by atoms with Gasteiger partial charge in [0.1, 0.15) is 24.0 Å². The van der Waals surface area contributed by atoms with Crippen LogP contribution in [0.3, 0.4) is 0 Å². The molecule has 1 saturated carbocycles. The fourth-order valence-electron chi connectivity index (χ4n) is 5.18. The molecule has 1 unspecified atom stereocenters. The molecular weight excluding hydrogens is 426 g/mol. The number of hydrogen-bond donors (Lipinski definition) is 1. The number of aldehydes is 1. The van der Waals surface area contributed by atoms with E-state index in [1.807, 2.05) is 24.3 Å². The van der Waals surface area contributed by atoms with Crippen LogP contribution in [0.15, 0.2) is 64.7 Å². The van der Waals surface area contributed by atoms with Gasteiger partial charge in [-0.2, -0.15) is 5.10 Å². The Morgan fingerprint density at radius 3 is 2.53 bits per heavy atom. The van der Waals surface area contributed by atoms with Crippen LogP contribution < -0.4 is 5.32 Å². The van der Waals surface area contributed by atoms with Gasteiger partial charge < -0.3 is 14.8 Å². The Balaban J connectivity index is 1.48. The van der Waals surface area contributed by atoms with E-state index in [0.717, 1.165) is 65.0 Å². The minimum Gasteiger partial charge on any atom is -0.461 e. The van der Waals surface area contributed by atoms with Crippen LogP contribution in [0.2, 0.25) is 0 Å². The SMILES string of the molecule is CN1N=CCC1N/C(=C(\C=O)C1CCCCCC1)c1ccc(C2=CC=C3CC(=C2)OCO3)cc1. The second kappa shape index (κ2) is 10.3. The number of ether oxygens (including phenoxy) is 2. The highest BCUT2D eigenvalue weighted by atomic mass is 16.7. The standard InChI is InChI=1S/C28H33N3O3/c1-31-27(14-15-29-31)30-28(26(18-32)21-6-4-2-3-5-7-21)22-10-8-20(9-11-22)23-12-13-24-17-25(16-23)34-19-33-24/h8-13,15-16,18,21,27,30H,2-7,14,17,19H2,1H3/b28-26+. The van der Waals surface area contributed by atoms with Crippen LogP contribution >= 0.6 is 0 Å². The van der Waals surface area contributed by atoms with Gasteiger partial charge in [0.05, 0.1) is 6.42 Å². The monoisotopic (exact) mass is 459 g/mol. The molecule has 1 aromatic rings. The first-order valence-corrected chi connectivity index (χ1v) is 12.4. The van der Waals surface area contributed by atoms with Gasteiger partial charge in [0.15, 0.2) is 0 Å². The van der Waals surface area contributed by atoms with Crippen LogP contribution in [0.5, 0.6) is 0 Å². The number of allylic oxidation sites excluding steroid dienone is 5. The van der Waals surface area contributed by atoms with Crippen molar-refractivity contribution in [3.63, 3.8) is 0 Å². The van der Waals surface area contributed by atoms with Crippen molar-refractivity contribution in [1.82, 2.24) is 10.3 Å². The number of rotatable bonds is 6. The molecule has 4 aliphatic rings. The van der Waals surface area contributed by atoms with Gasteiger partial charge in [-0.1, -0.05) is 56.0 Å². The van der Waals surface area contributed by atoms with Crippen LogP contribution in [0, 0.1) is 5.92 Å². The quantitative estimate of drug-likeness (QED) is 0.352. The summed E-state index contributed by atoms with van der Waals surface area (Å²) in [6.07, 6.45) is 17.8. The third kappa shape index (κ3) is 4.96. The summed E-state index contributed by atoms with van der Waals surface area (Å²) < 4.78 is 11.2. The van der Waals surface area contributed by atoms with E-state index in [-0.39, 0.29) is 13.0 Å². The van der Waals surface area contributed by atoms with Crippen LogP contribution in [0.25, 0.3) is 11.3 Å². The molecule has 1 saturated heterocycles. The lowest BCUT2D eigenvalue weighted by Gasteiger charge is -2.27. The van der Waals surface area contributed by atoms with E-state index in [1.165, 1.54) is 25.7 Å². The van der Waals surface area contributed by atoms with Crippen molar-refractivity contribution in [2.45, 2.75) is 57.5 Å². The van der Waals surface area contributed by atoms with E-state index >= 15 is 0 Å². The van der Waals surface area contributed by atoms with Crippen LogP contribution in [-0.2, 0) is 14.3 Å².